The van der Waals surface area contributed by atoms with E-state index >= 15 is 0 Å². The van der Waals surface area contributed by atoms with Gasteiger partial charge in [-0.2, -0.15) is 26.3 Å². The fraction of sp³-hybridized carbons (Fsp3) is 0.182. The lowest BCUT2D eigenvalue weighted by atomic mass is 9.97. The fourth-order valence-electron chi connectivity index (χ4n) is 3.10. The maximum atomic E-state index is 13.6. The van der Waals surface area contributed by atoms with E-state index in [9.17, 15) is 31.1 Å². The molecule has 0 saturated carbocycles. The highest BCUT2D eigenvalue weighted by atomic mass is 19.4. The SMILES string of the molecule is Cc1ccccc1C(=O)NC(c1ccc(C(F)(F)F)cc1)c1ncccc1C(F)(F)F. The number of carbonyl (C=O) groups is 1. The van der Waals surface area contributed by atoms with Crippen LogP contribution < -0.4 is 5.32 Å². The number of alkyl halides is 6. The minimum absolute atomic E-state index is 0.0270. The van der Waals surface area contributed by atoms with E-state index in [4.69, 9.17) is 0 Å². The normalized spacial score (nSPS) is 13.0. The van der Waals surface area contributed by atoms with Crippen LogP contribution in [0.25, 0.3) is 0 Å². The second kappa shape index (κ2) is 8.41. The van der Waals surface area contributed by atoms with Crippen LogP contribution in [0.4, 0.5) is 26.3 Å². The Morgan fingerprint density at radius 3 is 2.10 bits per heavy atom. The molecule has 3 nitrogen and oxygen atoms in total. The summed E-state index contributed by atoms with van der Waals surface area (Å²) in [5.41, 5.74) is -1.73. The van der Waals surface area contributed by atoms with Crippen LogP contribution in [0, 0.1) is 6.92 Å². The predicted octanol–water partition coefficient (Wildman–Crippen LogP) is 5.95. The number of hydrogen-bond donors (Lipinski definition) is 1. The summed E-state index contributed by atoms with van der Waals surface area (Å²) < 4.78 is 79.4. The maximum absolute atomic E-state index is 13.6. The topological polar surface area (TPSA) is 42.0 Å². The molecule has 0 spiro atoms. The Kier molecular flexibility index (Phi) is 6.06. The highest BCUT2D eigenvalue weighted by molar-refractivity contribution is 5.96. The molecule has 0 saturated heterocycles. The second-order valence-corrected chi connectivity index (χ2v) is 6.78. The molecule has 9 heteroatoms. The van der Waals surface area contributed by atoms with E-state index in [-0.39, 0.29) is 11.1 Å². The summed E-state index contributed by atoms with van der Waals surface area (Å²) in [5.74, 6) is -0.679. The van der Waals surface area contributed by atoms with E-state index in [1.807, 2.05) is 0 Å². The maximum Gasteiger partial charge on any atom is 0.418 e. The Morgan fingerprint density at radius 2 is 1.52 bits per heavy atom. The Balaban J connectivity index is 2.09. The average molecular weight is 438 g/mol. The molecular weight excluding hydrogens is 422 g/mol. The van der Waals surface area contributed by atoms with Crippen molar-refractivity contribution < 1.29 is 31.1 Å². The zero-order valence-corrected chi connectivity index (χ0v) is 16.1. The molecule has 3 rings (SSSR count). The molecule has 1 N–H and O–H groups in total. The number of rotatable bonds is 4. The van der Waals surface area contributed by atoms with Crippen molar-refractivity contribution in [3.05, 3.63) is 100 Å². The van der Waals surface area contributed by atoms with E-state index in [0.29, 0.717) is 5.56 Å². The molecule has 31 heavy (non-hydrogen) atoms. The zero-order valence-electron chi connectivity index (χ0n) is 16.1. The third-order valence-corrected chi connectivity index (χ3v) is 4.65. The summed E-state index contributed by atoms with van der Waals surface area (Å²) >= 11 is 0. The number of aryl methyl sites for hydroxylation is 1. The molecule has 0 fully saturated rings. The van der Waals surface area contributed by atoms with Crippen LogP contribution >= 0.6 is 0 Å². The second-order valence-electron chi connectivity index (χ2n) is 6.78. The number of halogens is 6. The van der Waals surface area contributed by atoms with Crippen molar-refractivity contribution in [1.82, 2.24) is 10.3 Å². The van der Waals surface area contributed by atoms with Gasteiger partial charge in [-0.15, -0.1) is 0 Å². The molecule has 1 atom stereocenters. The number of carbonyl (C=O) groups excluding carboxylic acids is 1. The first-order valence-corrected chi connectivity index (χ1v) is 9.04. The molecule has 0 aliphatic rings. The van der Waals surface area contributed by atoms with Crippen molar-refractivity contribution in [2.45, 2.75) is 25.3 Å². The van der Waals surface area contributed by atoms with Crippen LogP contribution in [0.5, 0.6) is 0 Å². The summed E-state index contributed by atoms with van der Waals surface area (Å²) in [6, 6.07) is 10.5. The number of hydrogen-bond acceptors (Lipinski definition) is 2. The summed E-state index contributed by atoms with van der Waals surface area (Å²) in [6.07, 6.45) is -8.26. The standard InChI is InChI=1S/C22H16F6N2O/c1-13-5-2-3-6-16(13)20(31)30-18(14-8-10-15(11-9-14)21(23,24)25)19-17(22(26,27)28)7-4-12-29-19/h2-12,18H,1H3,(H,30,31). The van der Waals surface area contributed by atoms with E-state index in [2.05, 4.69) is 10.3 Å². The van der Waals surface area contributed by atoms with Gasteiger partial charge in [0, 0.05) is 11.8 Å². The summed E-state index contributed by atoms with van der Waals surface area (Å²) in [4.78, 5) is 16.6. The highest BCUT2D eigenvalue weighted by Crippen LogP contribution is 2.36. The van der Waals surface area contributed by atoms with Crippen molar-refractivity contribution in [2.24, 2.45) is 0 Å². The van der Waals surface area contributed by atoms with Gasteiger partial charge in [0.2, 0.25) is 0 Å². The lowest BCUT2D eigenvalue weighted by molar-refractivity contribution is -0.139. The Hall–Kier alpha value is -3.36. The highest BCUT2D eigenvalue weighted by Gasteiger charge is 2.37. The van der Waals surface area contributed by atoms with Gasteiger partial charge in [-0.05, 0) is 48.4 Å². The molecule has 3 aromatic rings. The quantitative estimate of drug-likeness (QED) is 0.512. The third kappa shape index (κ3) is 5.04. The van der Waals surface area contributed by atoms with Crippen LogP contribution in [-0.4, -0.2) is 10.9 Å². The van der Waals surface area contributed by atoms with Crippen molar-refractivity contribution in [3.8, 4) is 0 Å². The lowest BCUT2D eigenvalue weighted by Crippen LogP contribution is -2.32. The molecule has 0 bridgehead atoms. The predicted molar refractivity (Wildman–Crippen MR) is 101 cm³/mol. The van der Waals surface area contributed by atoms with E-state index in [0.717, 1.165) is 42.6 Å². The minimum atomic E-state index is -4.78. The summed E-state index contributed by atoms with van der Waals surface area (Å²) in [5, 5.41) is 2.49. The molecule has 1 heterocycles. The average Bonchev–Trinajstić information content (AvgIpc) is 2.71. The molecule has 0 radical (unpaired) electrons. The number of nitrogens with zero attached hydrogens (tertiary/aromatic N) is 1. The molecule has 162 valence electrons. The van der Waals surface area contributed by atoms with Gasteiger partial charge in [0.15, 0.2) is 0 Å². The lowest BCUT2D eigenvalue weighted by Gasteiger charge is -2.23. The first kappa shape index (κ1) is 22.3. The van der Waals surface area contributed by atoms with Gasteiger partial charge in [-0.1, -0.05) is 30.3 Å². The zero-order chi connectivity index (χ0) is 22.8. The number of pyridine rings is 1. The van der Waals surface area contributed by atoms with Gasteiger partial charge in [-0.25, -0.2) is 0 Å². The van der Waals surface area contributed by atoms with Gasteiger partial charge >= 0.3 is 12.4 Å². The minimum Gasteiger partial charge on any atom is -0.340 e. The van der Waals surface area contributed by atoms with Crippen LogP contribution in [0.3, 0.4) is 0 Å². The molecular formula is C22H16F6N2O. The first-order chi connectivity index (χ1) is 14.5. The van der Waals surface area contributed by atoms with E-state index in [1.165, 1.54) is 6.07 Å². The van der Waals surface area contributed by atoms with Crippen LogP contribution in [0.15, 0.2) is 66.9 Å². The first-order valence-electron chi connectivity index (χ1n) is 9.04. The van der Waals surface area contributed by atoms with E-state index < -0.39 is 41.1 Å². The summed E-state index contributed by atoms with van der Waals surface area (Å²) in [6.45, 7) is 1.66. The molecule has 0 aliphatic heterocycles. The van der Waals surface area contributed by atoms with Crippen molar-refractivity contribution >= 4 is 5.91 Å². The Bertz CT molecular complexity index is 1070. The van der Waals surface area contributed by atoms with Crippen LogP contribution in [0.1, 0.15) is 44.3 Å². The molecule has 1 aromatic heterocycles. The number of benzene rings is 2. The molecule has 1 amide bonds. The third-order valence-electron chi connectivity index (χ3n) is 4.65. The molecule has 1 unspecified atom stereocenters. The fourth-order valence-corrected chi connectivity index (χ4v) is 3.10. The van der Waals surface area contributed by atoms with E-state index in [1.54, 1.807) is 25.1 Å². The van der Waals surface area contributed by atoms with Crippen molar-refractivity contribution in [2.75, 3.05) is 0 Å². The molecule has 2 aromatic carbocycles. The van der Waals surface area contributed by atoms with Crippen LogP contribution in [0.2, 0.25) is 0 Å². The number of nitrogens with one attached hydrogen (secondary N) is 1. The van der Waals surface area contributed by atoms with Crippen molar-refractivity contribution in [3.63, 3.8) is 0 Å². The van der Waals surface area contributed by atoms with Crippen LogP contribution in [-0.2, 0) is 12.4 Å². The Labute approximate surface area is 173 Å². The largest absolute Gasteiger partial charge is 0.418 e. The Morgan fingerprint density at radius 1 is 0.871 bits per heavy atom. The smallest absolute Gasteiger partial charge is 0.340 e. The molecule has 0 aliphatic carbocycles. The number of aromatic nitrogens is 1. The van der Waals surface area contributed by atoms with Gasteiger partial charge < -0.3 is 5.32 Å². The van der Waals surface area contributed by atoms with Gasteiger partial charge in [-0.3, -0.25) is 9.78 Å². The monoisotopic (exact) mass is 438 g/mol. The summed E-state index contributed by atoms with van der Waals surface area (Å²) in [7, 11) is 0. The van der Waals surface area contributed by atoms with Crippen molar-refractivity contribution in [1.29, 1.82) is 0 Å². The van der Waals surface area contributed by atoms with Gasteiger partial charge in [0.05, 0.1) is 22.9 Å². The van der Waals surface area contributed by atoms with Gasteiger partial charge in [0.25, 0.3) is 5.91 Å². The van der Waals surface area contributed by atoms with Gasteiger partial charge in [0.1, 0.15) is 0 Å². The number of amides is 1.